The van der Waals surface area contributed by atoms with Gasteiger partial charge in [0.15, 0.2) is 0 Å². The number of hydrogen-bond donors (Lipinski definition) is 1. The maximum atomic E-state index is 11.9. The Morgan fingerprint density at radius 2 is 1.78 bits per heavy atom. The highest BCUT2D eigenvalue weighted by atomic mass is 16.6. The number of carbonyl (C=O) groups excluding carboxylic acids is 1. The van der Waals surface area contributed by atoms with Crippen molar-refractivity contribution in [2.75, 3.05) is 12.4 Å². The van der Waals surface area contributed by atoms with Crippen molar-refractivity contribution in [1.82, 2.24) is 5.16 Å². The third-order valence-corrected chi connectivity index (χ3v) is 3.14. The van der Waals surface area contributed by atoms with Crippen LogP contribution in [0.2, 0.25) is 0 Å². The summed E-state index contributed by atoms with van der Waals surface area (Å²) in [5.74, 6) is 1.40. The summed E-state index contributed by atoms with van der Waals surface area (Å²) in [7, 11) is 1.60. The van der Waals surface area contributed by atoms with Crippen LogP contribution in [-0.4, -0.2) is 18.4 Å². The van der Waals surface area contributed by atoms with Gasteiger partial charge in [-0.2, -0.15) is 0 Å². The summed E-state index contributed by atoms with van der Waals surface area (Å²) in [5.41, 5.74) is 1.49. The standard InChI is InChI=1S/C17H14N2O4/c1-21-13-9-7-12(8-10-13)15-11-18-23-16(15)19-17(20)22-14-5-3-2-4-6-14/h2-11H,1H3,(H,19,20). The van der Waals surface area contributed by atoms with Gasteiger partial charge in [0.05, 0.1) is 18.9 Å². The van der Waals surface area contributed by atoms with Crippen LogP contribution in [0.25, 0.3) is 11.1 Å². The summed E-state index contributed by atoms with van der Waals surface area (Å²) in [6.45, 7) is 0. The first-order valence-electron chi connectivity index (χ1n) is 6.89. The van der Waals surface area contributed by atoms with Crippen LogP contribution < -0.4 is 14.8 Å². The molecule has 0 aliphatic rings. The summed E-state index contributed by atoms with van der Waals surface area (Å²) in [6.07, 6.45) is 0.877. The number of anilines is 1. The molecule has 1 amide bonds. The van der Waals surface area contributed by atoms with Gasteiger partial charge in [-0.15, -0.1) is 0 Å². The van der Waals surface area contributed by atoms with Gasteiger partial charge in [-0.3, -0.25) is 5.32 Å². The van der Waals surface area contributed by atoms with Gasteiger partial charge in [0.1, 0.15) is 11.5 Å². The van der Waals surface area contributed by atoms with Crippen molar-refractivity contribution in [3.8, 4) is 22.6 Å². The molecule has 0 aliphatic heterocycles. The normalized spacial score (nSPS) is 10.1. The van der Waals surface area contributed by atoms with E-state index in [2.05, 4.69) is 10.5 Å². The largest absolute Gasteiger partial charge is 0.497 e. The quantitative estimate of drug-likeness (QED) is 0.789. The molecule has 0 atom stereocenters. The molecule has 0 spiro atoms. The van der Waals surface area contributed by atoms with Crippen LogP contribution in [0, 0.1) is 0 Å². The van der Waals surface area contributed by atoms with Gasteiger partial charge in [0.25, 0.3) is 0 Å². The van der Waals surface area contributed by atoms with E-state index in [4.69, 9.17) is 14.0 Å². The minimum absolute atomic E-state index is 0.219. The molecule has 0 saturated carbocycles. The number of para-hydroxylation sites is 1. The minimum atomic E-state index is -0.650. The number of carbonyl (C=O) groups is 1. The Morgan fingerprint density at radius 1 is 1.04 bits per heavy atom. The molecule has 0 aliphatic carbocycles. The summed E-state index contributed by atoms with van der Waals surface area (Å²) >= 11 is 0. The monoisotopic (exact) mass is 310 g/mol. The van der Waals surface area contributed by atoms with Gasteiger partial charge in [0, 0.05) is 0 Å². The molecule has 1 heterocycles. The zero-order valence-electron chi connectivity index (χ0n) is 12.4. The first kappa shape index (κ1) is 14.6. The van der Waals surface area contributed by atoms with Crippen molar-refractivity contribution in [3.05, 3.63) is 60.8 Å². The van der Waals surface area contributed by atoms with Crippen molar-refractivity contribution in [3.63, 3.8) is 0 Å². The van der Waals surface area contributed by atoms with E-state index in [0.717, 1.165) is 11.3 Å². The number of nitrogens with one attached hydrogen (secondary N) is 1. The fourth-order valence-electron chi connectivity index (χ4n) is 2.02. The molecule has 3 aromatic rings. The Hall–Kier alpha value is -3.28. The maximum absolute atomic E-state index is 11.9. The van der Waals surface area contributed by atoms with Gasteiger partial charge < -0.3 is 14.0 Å². The molecule has 1 aromatic heterocycles. The van der Waals surface area contributed by atoms with Crippen LogP contribution >= 0.6 is 0 Å². The van der Waals surface area contributed by atoms with E-state index in [1.807, 2.05) is 30.3 Å². The zero-order valence-corrected chi connectivity index (χ0v) is 12.4. The average Bonchev–Trinajstić information content (AvgIpc) is 3.03. The molecule has 0 radical (unpaired) electrons. The predicted molar refractivity (Wildman–Crippen MR) is 84.6 cm³/mol. The SMILES string of the molecule is COc1ccc(-c2cnoc2NC(=O)Oc2ccccc2)cc1. The molecule has 0 saturated heterocycles. The van der Waals surface area contributed by atoms with E-state index < -0.39 is 6.09 Å². The molecule has 0 fully saturated rings. The summed E-state index contributed by atoms with van der Waals surface area (Å²) in [6, 6.07) is 16.1. The number of ether oxygens (including phenoxy) is 2. The highest BCUT2D eigenvalue weighted by Crippen LogP contribution is 2.29. The number of aromatic nitrogens is 1. The number of rotatable bonds is 4. The lowest BCUT2D eigenvalue weighted by atomic mass is 10.1. The summed E-state index contributed by atoms with van der Waals surface area (Å²) in [5, 5.41) is 6.27. The van der Waals surface area contributed by atoms with Crippen molar-refractivity contribution < 1.29 is 18.8 Å². The maximum Gasteiger partial charge on any atom is 0.419 e. The molecule has 0 unspecified atom stereocenters. The van der Waals surface area contributed by atoms with Crippen LogP contribution in [0.5, 0.6) is 11.5 Å². The Bertz CT molecular complexity index is 782. The number of amides is 1. The van der Waals surface area contributed by atoms with Crippen molar-refractivity contribution in [2.45, 2.75) is 0 Å². The fourth-order valence-corrected chi connectivity index (χ4v) is 2.02. The van der Waals surface area contributed by atoms with Gasteiger partial charge >= 0.3 is 6.09 Å². The van der Waals surface area contributed by atoms with Gasteiger partial charge in [-0.05, 0) is 29.8 Å². The van der Waals surface area contributed by atoms with Gasteiger partial charge in [-0.1, -0.05) is 35.5 Å². The first-order chi connectivity index (χ1) is 11.3. The fraction of sp³-hybridized carbons (Fsp3) is 0.0588. The lowest BCUT2D eigenvalue weighted by molar-refractivity contribution is 0.214. The number of methoxy groups -OCH3 is 1. The highest BCUT2D eigenvalue weighted by molar-refractivity contribution is 5.89. The van der Waals surface area contributed by atoms with E-state index in [1.54, 1.807) is 31.4 Å². The van der Waals surface area contributed by atoms with Crippen molar-refractivity contribution in [1.29, 1.82) is 0 Å². The number of hydrogen-bond acceptors (Lipinski definition) is 5. The predicted octanol–water partition coefficient (Wildman–Crippen LogP) is 3.96. The molecular weight excluding hydrogens is 296 g/mol. The zero-order chi connectivity index (χ0) is 16.1. The highest BCUT2D eigenvalue weighted by Gasteiger charge is 2.14. The Kier molecular flexibility index (Phi) is 4.24. The van der Waals surface area contributed by atoms with Gasteiger partial charge in [-0.25, -0.2) is 4.79 Å². The Balaban J connectivity index is 1.74. The lowest BCUT2D eigenvalue weighted by Gasteiger charge is -2.06. The molecule has 6 heteroatoms. The second-order valence-corrected chi connectivity index (χ2v) is 4.62. The Morgan fingerprint density at radius 3 is 2.48 bits per heavy atom. The van der Waals surface area contributed by atoms with Crippen LogP contribution in [0.1, 0.15) is 0 Å². The van der Waals surface area contributed by atoms with Crippen LogP contribution in [0.3, 0.4) is 0 Å². The van der Waals surface area contributed by atoms with Crippen LogP contribution in [0.4, 0.5) is 10.7 Å². The topological polar surface area (TPSA) is 73.6 Å². The van der Waals surface area contributed by atoms with E-state index in [9.17, 15) is 4.79 Å². The summed E-state index contributed by atoms with van der Waals surface area (Å²) in [4.78, 5) is 11.9. The average molecular weight is 310 g/mol. The number of nitrogens with zero attached hydrogens (tertiary/aromatic N) is 1. The molecular formula is C17H14N2O4. The molecule has 23 heavy (non-hydrogen) atoms. The van der Waals surface area contributed by atoms with Crippen LogP contribution in [-0.2, 0) is 0 Å². The Labute approximate surface area is 132 Å². The second-order valence-electron chi connectivity index (χ2n) is 4.62. The third kappa shape index (κ3) is 3.49. The van der Waals surface area contributed by atoms with Gasteiger partial charge in [0.2, 0.25) is 5.88 Å². The lowest BCUT2D eigenvalue weighted by Crippen LogP contribution is -2.16. The van der Waals surface area contributed by atoms with E-state index >= 15 is 0 Å². The molecule has 6 nitrogen and oxygen atoms in total. The molecule has 1 N–H and O–H groups in total. The summed E-state index contributed by atoms with van der Waals surface area (Å²) < 4.78 is 15.4. The smallest absolute Gasteiger partial charge is 0.419 e. The number of benzene rings is 2. The molecule has 0 bridgehead atoms. The van der Waals surface area contributed by atoms with E-state index in [1.165, 1.54) is 6.20 Å². The second kappa shape index (κ2) is 6.65. The molecule has 3 rings (SSSR count). The molecule has 2 aromatic carbocycles. The van der Waals surface area contributed by atoms with Crippen molar-refractivity contribution >= 4 is 12.0 Å². The van der Waals surface area contributed by atoms with E-state index in [0.29, 0.717) is 11.3 Å². The van der Waals surface area contributed by atoms with E-state index in [-0.39, 0.29) is 5.88 Å². The van der Waals surface area contributed by atoms with Crippen molar-refractivity contribution in [2.24, 2.45) is 0 Å². The molecule has 116 valence electrons. The van der Waals surface area contributed by atoms with Crippen LogP contribution in [0.15, 0.2) is 65.3 Å². The minimum Gasteiger partial charge on any atom is -0.497 e. The third-order valence-electron chi connectivity index (χ3n) is 3.14. The first-order valence-corrected chi connectivity index (χ1v) is 6.89.